The van der Waals surface area contributed by atoms with Gasteiger partial charge in [0.2, 0.25) is 0 Å². The van der Waals surface area contributed by atoms with Crippen LogP contribution in [0.4, 0.5) is 0 Å². The Labute approximate surface area is 123 Å². The molecule has 0 saturated carbocycles. The molecule has 6 heteroatoms. The molecular formula is C12H15Cl3N2O. The fraction of sp³-hybridized carbons (Fsp3) is 0.417. The Hall–Kier alpha value is -0.480. The predicted molar refractivity (Wildman–Crippen MR) is 77.1 cm³/mol. The van der Waals surface area contributed by atoms with E-state index in [1.165, 1.54) is 0 Å². The van der Waals surface area contributed by atoms with Gasteiger partial charge in [0.25, 0.3) is 5.91 Å². The van der Waals surface area contributed by atoms with Crippen LogP contribution in [0, 0.1) is 0 Å². The Morgan fingerprint density at radius 3 is 2.72 bits per heavy atom. The average Bonchev–Trinajstić information content (AvgIpc) is 2.56. The maximum atomic E-state index is 12.3. The molecule has 0 unspecified atom stereocenters. The molecule has 1 aliphatic rings. The average molecular weight is 310 g/mol. The van der Waals surface area contributed by atoms with Gasteiger partial charge in [0.15, 0.2) is 0 Å². The van der Waals surface area contributed by atoms with Crippen LogP contribution >= 0.6 is 35.6 Å². The summed E-state index contributed by atoms with van der Waals surface area (Å²) < 4.78 is 0. The van der Waals surface area contributed by atoms with Crippen molar-refractivity contribution in [2.45, 2.75) is 6.42 Å². The van der Waals surface area contributed by atoms with E-state index >= 15 is 0 Å². The van der Waals surface area contributed by atoms with E-state index in [0.717, 1.165) is 32.6 Å². The third kappa shape index (κ3) is 3.75. The summed E-state index contributed by atoms with van der Waals surface area (Å²) in [4.78, 5) is 14.1. The van der Waals surface area contributed by atoms with Crippen LogP contribution in [0.2, 0.25) is 10.0 Å². The molecule has 18 heavy (non-hydrogen) atoms. The molecule has 1 aromatic rings. The summed E-state index contributed by atoms with van der Waals surface area (Å²) in [5.74, 6) is -0.0182. The first-order valence-corrected chi connectivity index (χ1v) is 6.39. The highest BCUT2D eigenvalue weighted by molar-refractivity contribution is 6.36. The van der Waals surface area contributed by atoms with Crippen molar-refractivity contribution in [2.75, 3.05) is 26.2 Å². The van der Waals surface area contributed by atoms with Gasteiger partial charge in [0, 0.05) is 24.7 Å². The molecule has 2 rings (SSSR count). The van der Waals surface area contributed by atoms with Gasteiger partial charge in [-0.25, -0.2) is 0 Å². The summed E-state index contributed by atoms with van der Waals surface area (Å²) in [6.07, 6.45) is 0.969. The normalized spacial score (nSPS) is 15.8. The van der Waals surface area contributed by atoms with Crippen LogP contribution in [0.3, 0.4) is 0 Å². The van der Waals surface area contributed by atoms with E-state index in [1.54, 1.807) is 18.2 Å². The molecule has 1 saturated heterocycles. The number of hydrogen-bond donors (Lipinski definition) is 1. The molecule has 0 aliphatic carbocycles. The highest BCUT2D eigenvalue weighted by atomic mass is 35.5. The lowest BCUT2D eigenvalue weighted by Crippen LogP contribution is -2.34. The number of nitrogens with one attached hydrogen (secondary N) is 1. The molecule has 1 aliphatic heterocycles. The van der Waals surface area contributed by atoms with Gasteiger partial charge in [-0.1, -0.05) is 23.2 Å². The second kappa shape index (κ2) is 7.19. The Bertz CT molecular complexity index is 418. The molecule has 0 bridgehead atoms. The van der Waals surface area contributed by atoms with E-state index in [4.69, 9.17) is 23.2 Å². The quantitative estimate of drug-likeness (QED) is 0.865. The highest BCUT2D eigenvalue weighted by Crippen LogP contribution is 2.22. The Balaban J connectivity index is 0.00000162. The molecule has 0 spiro atoms. The number of nitrogens with zero attached hydrogens (tertiary/aromatic N) is 1. The molecular weight excluding hydrogens is 295 g/mol. The van der Waals surface area contributed by atoms with Crippen molar-refractivity contribution in [3.05, 3.63) is 33.8 Å². The fourth-order valence-corrected chi connectivity index (χ4v) is 2.37. The maximum Gasteiger partial charge on any atom is 0.255 e. The number of carbonyl (C=O) groups is 1. The second-order valence-corrected chi connectivity index (χ2v) is 4.86. The minimum atomic E-state index is -0.0182. The van der Waals surface area contributed by atoms with Crippen molar-refractivity contribution in [3.8, 4) is 0 Å². The van der Waals surface area contributed by atoms with Gasteiger partial charge in [-0.05, 0) is 31.2 Å². The van der Waals surface area contributed by atoms with E-state index in [0.29, 0.717) is 15.6 Å². The Morgan fingerprint density at radius 1 is 1.22 bits per heavy atom. The molecule has 1 heterocycles. The van der Waals surface area contributed by atoms with Gasteiger partial charge in [-0.3, -0.25) is 4.79 Å². The van der Waals surface area contributed by atoms with Gasteiger partial charge in [0.1, 0.15) is 0 Å². The molecule has 1 fully saturated rings. The van der Waals surface area contributed by atoms with Crippen LogP contribution in [-0.4, -0.2) is 37.0 Å². The van der Waals surface area contributed by atoms with Gasteiger partial charge in [0.05, 0.1) is 10.6 Å². The smallest absolute Gasteiger partial charge is 0.255 e. The van der Waals surface area contributed by atoms with E-state index in [-0.39, 0.29) is 18.3 Å². The predicted octanol–water partition coefficient (Wildman–Crippen LogP) is 2.85. The zero-order chi connectivity index (χ0) is 12.3. The topological polar surface area (TPSA) is 32.3 Å². The lowest BCUT2D eigenvalue weighted by atomic mass is 10.2. The summed E-state index contributed by atoms with van der Waals surface area (Å²) in [5.41, 5.74) is 0.526. The number of halogens is 3. The Morgan fingerprint density at radius 2 is 2.00 bits per heavy atom. The Kier molecular flexibility index (Phi) is 6.22. The van der Waals surface area contributed by atoms with Crippen molar-refractivity contribution in [1.29, 1.82) is 0 Å². The molecule has 0 radical (unpaired) electrons. The van der Waals surface area contributed by atoms with Crippen molar-refractivity contribution in [2.24, 2.45) is 0 Å². The lowest BCUT2D eigenvalue weighted by Gasteiger charge is -2.20. The molecule has 100 valence electrons. The first-order chi connectivity index (χ1) is 8.18. The van der Waals surface area contributed by atoms with Gasteiger partial charge in [-0.15, -0.1) is 12.4 Å². The number of amides is 1. The molecule has 0 atom stereocenters. The van der Waals surface area contributed by atoms with Crippen LogP contribution in [0.15, 0.2) is 18.2 Å². The summed E-state index contributed by atoms with van der Waals surface area (Å²) in [7, 11) is 0. The number of rotatable bonds is 1. The third-order valence-corrected chi connectivity index (χ3v) is 3.34. The summed E-state index contributed by atoms with van der Waals surface area (Å²) in [5, 5.41) is 4.22. The van der Waals surface area contributed by atoms with Crippen molar-refractivity contribution < 1.29 is 4.79 Å². The van der Waals surface area contributed by atoms with E-state index in [9.17, 15) is 4.79 Å². The molecule has 3 nitrogen and oxygen atoms in total. The van der Waals surface area contributed by atoms with E-state index in [2.05, 4.69) is 5.32 Å². The van der Waals surface area contributed by atoms with Gasteiger partial charge < -0.3 is 10.2 Å². The summed E-state index contributed by atoms with van der Waals surface area (Å²) >= 11 is 11.9. The van der Waals surface area contributed by atoms with Crippen LogP contribution < -0.4 is 5.32 Å². The van der Waals surface area contributed by atoms with Crippen molar-refractivity contribution in [1.82, 2.24) is 10.2 Å². The van der Waals surface area contributed by atoms with Crippen LogP contribution in [0.25, 0.3) is 0 Å². The fourth-order valence-electron chi connectivity index (χ4n) is 1.88. The molecule has 1 aromatic carbocycles. The number of benzene rings is 1. The minimum Gasteiger partial charge on any atom is -0.337 e. The zero-order valence-electron chi connectivity index (χ0n) is 9.79. The SMILES string of the molecule is Cl.O=C(c1ccc(Cl)cc1Cl)N1CCCNCC1. The second-order valence-electron chi connectivity index (χ2n) is 4.02. The third-order valence-electron chi connectivity index (χ3n) is 2.79. The van der Waals surface area contributed by atoms with Crippen molar-refractivity contribution >= 4 is 41.5 Å². The summed E-state index contributed by atoms with van der Waals surface area (Å²) in [6, 6.07) is 4.98. The largest absolute Gasteiger partial charge is 0.337 e. The van der Waals surface area contributed by atoms with E-state index in [1.807, 2.05) is 4.90 Å². The number of carbonyl (C=O) groups excluding carboxylic acids is 1. The molecule has 0 aromatic heterocycles. The first kappa shape index (κ1) is 15.6. The van der Waals surface area contributed by atoms with Gasteiger partial charge >= 0.3 is 0 Å². The molecule has 1 amide bonds. The van der Waals surface area contributed by atoms with Crippen molar-refractivity contribution in [3.63, 3.8) is 0 Å². The monoisotopic (exact) mass is 308 g/mol. The molecule has 1 N–H and O–H groups in total. The standard InChI is InChI=1S/C12H14Cl2N2O.ClH/c13-9-2-3-10(11(14)8-9)12(17)16-6-1-4-15-5-7-16;/h2-3,8,15H,1,4-7H2;1H. The summed E-state index contributed by atoms with van der Waals surface area (Å²) in [6.45, 7) is 3.28. The van der Waals surface area contributed by atoms with Crippen LogP contribution in [0.1, 0.15) is 16.8 Å². The minimum absolute atomic E-state index is 0. The zero-order valence-corrected chi connectivity index (χ0v) is 12.1. The lowest BCUT2D eigenvalue weighted by molar-refractivity contribution is 0.0766. The number of hydrogen-bond acceptors (Lipinski definition) is 2. The van der Waals surface area contributed by atoms with Crippen LogP contribution in [-0.2, 0) is 0 Å². The first-order valence-electron chi connectivity index (χ1n) is 5.63. The van der Waals surface area contributed by atoms with Crippen LogP contribution in [0.5, 0.6) is 0 Å². The highest BCUT2D eigenvalue weighted by Gasteiger charge is 2.19. The maximum absolute atomic E-state index is 12.3. The van der Waals surface area contributed by atoms with Gasteiger partial charge in [-0.2, -0.15) is 0 Å². The van der Waals surface area contributed by atoms with E-state index < -0.39 is 0 Å².